The first-order chi connectivity index (χ1) is 7.72. The van der Waals surface area contributed by atoms with Crippen molar-refractivity contribution in [3.05, 3.63) is 35.4 Å². The van der Waals surface area contributed by atoms with Crippen molar-refractivity contribution in [3.8, 4) is 6.07 Å². The Morgan fingerprint density at radius 2 is 2.06 bits per heavy atom. The molecule has 0 bridgehead atoms. The van der Waals surface area contributed by atoms with Gasteiger partial charge in [-0.25, -0.2) is 0 Å². The average Bonchev–Trinajstić information content (AvgIpc) is 2.29. The van der Waals surface area contributed by atoms with Gasteiger partial charge in [0.15, 0.2) is 0 Å². The summed E-state index contributed by atoms with van der Waals surface area (Å²) in [6.45, 7) is 1.39. The summed E-state index contributed by atoms with van der Waals surface area (Å²) in [6.07, 6.45) is 0.825. The van der Waals surface area contributed by atoms with E-state index in [1.54, 1.807) is 12.1 Å². The van der Waals surface area contributed by atoms with Crippen LogP contribution in [-0.4, -0.2) is 17.6 Å². The van der Waals surface area contributed by atoms with Gasteiger partial charge in [0.1, 0.15) is 0 Å². The zero-order valence-corrected chi connectivity index (χ0v) is 8.94. The zero-order valence-electron chi connectivity index (χ0n) is 8.94. The third-order valence-electron chi connectivity index (χ3n) is 2.16. The van der Waals surface area contributed by atoms with Gasteiger partial charge in [0, 0.05) is 13.0 Å². The summed E-state index contributed by atoms with van der Waals surface area (Å²) in [7, 11) is 0. The largest absolute Gasteiger partial charge is 0.481 e. The SMILES string of the molecule is N#Cc1ccc(CNCCCC(=O)O)cc1. The summed E-state index contributed by atoms with van der Waals surface area (Å²) < 4.78 is 0. The van der Waals surface area contributed by atoms with Gasteiger partial charge in [-0.15, -0.1) is 0 Å². The van der Waals surface area contributed by atoms with Crippen molar-refractivity contribution < 1.29 is 9.90 Å². The second kappa shape index (κ2) is 6.59. The van der Waals surface area contributed by atoms with Crippen LogP contribution < -0.4 is 5.32 Å². The number of carbonyl (C=O) groups is 1. The third kappa shape index (κ3) is 4.58. The average molecular weight is 218 g/mol. The Morgan fingerprint density at radius 3 is 2.62 bits per heavy atom. The molecule has 0 fully saturated rings. The Bertz CT molecular complexity index is 379. The van der Waals surface area contributed by atoms with Gasteiger partial charge >= 0.3 is 5.97 Å². The number of nitriles is 1. The Balaban J connectivity index is 2.22. The number of carboxylic acids is 1. The second-order valence-corrected chi connectivity index (χ2v) is 3.48. The van der Waals surface area contributed by atoms with Crippen LogP contribution >= 0.6 is 0 Å². The van der Waals surface area contributed by atoms with Gasteiger partial charge in [-0.1, -0.05) is 12.1 Å². The first kappa shape index (κ1) is 12.2. The van der Waals surface area contributed by atoms with Crippen LogP contribution in [0, 0.1) is 11.3 Å². The molecule has 0 unspecified atom stereocenters. The topological polar surface area (TPSA) is 73.1 Å². The minimum absolute atomic E-state index is 0.195. The quantitative estimate of drug-likeness (QED) is 0.710. The summed E-state index contributed by atoms with van der Waals surface area (Å²) in [5.41, 5.74) is 1.74. The molecule has 0 amide bonds. The number of hydrogen-bond donors (Lipinski definition) is 2. The third-order valence-corrected chi connectivity index (χ3v) is 2.16. The molecule has 0 saturated carbocycles. The van der Waals surface area contributed by atoms with Crippen molar-refractivity contribution in [1.29, 1.82) is 5.26 Å². The Hall–Kier alpha value is -1.86. The van der Waals surface area contributed by atoms with Crippen molar-refractivity contribution in [3.63, 3.8) is 0 Å². The molecule has 4 nitrogen and oxygen atoms in total. The molecule has 16 heavy (non-hydrogen) atoms. The molecular weight excluding hydrogens is 204 g/mol. The lowest BCUT2D eigenvalue weighted by molar-refractivity contribution is -0.137. The predicted molar refractivity (Wildman–Crippen MR) is 59.7 cm³/mol. The maximum absolute atomic E-state index is 10.2. The molecular formula is C12H14N2O2. The first-order valence-corrected chi connectivity index (χ1v) is 5.14. The number of nitrogens with one attached hydrogen (secondary N) is 1. The van der Waals surface area contributed by atoms with E-state index in [0.717, 1.165) is 5.56 Å². The molecule has 0 heterocycles. The standard InChI is InChI=1S/C12H14N2O2/c13-8-10-3-5-11(6-4-10)9-14-7-1-2-12(15)16/h3-6,14H,1-2,7,9H2,(H,15,16). The molecule has 0 atom stereocenters. The maximum Gasteiger partial charge on any atom is 0.303 e. The minimum Gasteiger partial charge on any atom is -0.481 e. The lowest BCUT2D eigenvalue weighted by Crippen LogP contribution is -2.15. The van der Waals surface area contributed by atoms with E-state index in [9.17, 15) is 4.79 Å². The van der Waals surface area contributed by atoms with Crippen LogP contribution in [-0.2, 0) is 11.3 Å². The van der Waals surface area contributed by atoms with Crippen molar-refractivity contribution >= 4 is 5.97 Å². The molecule has 4 heteroatoms. The summed E-state index contributed by atoms with van der Waals surface area (Å²) in [4.78, 5) is 10.2. The molecule has 1 rings (SSSR count). The fourth-order valence-corrected chi connectivity index (χ4v) is 1.29. The van der Waals surface area contributed by atoms with Gasteiger partial charge in [-0.2, -0.15) is 5.26 Å². The monoisotopic (exact) mass is 218 g/mol. The molecule has 0 radical (unpaired) electrons. The van der Waals surface area contributed by atoms with E-state index in [4.69, 9.17) is 10.4 Å². The minimum atomic E-state index is -0.764. The number of carboxylic acid groups (broad SMARTS) is 1. The van der Waals surface area contributed by atoms with Gasteiger partial charge in [0.2, 0.25) is 0 Å². The van der Waals surface area contributed by atoms with Crippen LogP contribution in [0.4, 0.5) is 0 Å². The summed E-state index contributed by atoms with van der Waals surface area (Å²) in [5, 5.41) is 20.2. The number of aliphatic carboxylic acids is 1. The Morgan fingerprint density at radius 1 is 1.38 bits per heavy atom. The van der Waals surface area contributed by atoms with Crippen LogP contribution in [0.25, 0.3) is 0 Å². The highest BCUT2D eigenvalue weighted by Gasteiger charge is 1.96. The van der Waals surface area contributed by atoms with Crippen molar-refractivity contribution in [1.82, 2.24) is 5.32 Å². The predicted octanol–water partition coefficient (Wildman–Crippen LogP) is 1.51. The molecule has 0 spiro atoms. The van der Waals surface area contributed by atoms with E-state index in [2.05, 4.69) is 11.4 Å². The van der Waals surface area contributed by atoms with E-state index in [1.807, 2.05) is 12.1 Å². The summed E-state index contributed by atoms with van der Waals surface area (Å²) >= 11 is 0. The molecule has 0 saturated heterocycles. The van der Waals surface area contributed by atoms with E-state index in [0.29, 0.717) is 25.1 Å². The molecule has 1 aromatic carbocycles. The zero-order chi connectivity index (χ0) is 11.8. The number of rotatable bonds is 6. The highest BCUT2D eigenvalue weighted by molar-refractivity contribution is 5.66. The molecule has 0 aliphatic rings. The highest BCUT2D eigenvalue weighted by atomic mass is 16.4. The Kier molecular flexibility index (Phi) is 5.03. The van der Waals surface area contributed by atoms with Gasteiger partial charge < -0.3 is 10.4 Å². The highest BCUT2D eigenvalue weighted by Crippen LogP contribution is 2.02. The number of benzene rings is 1. The van der Waals surface area contributed by atoms with Crippen LogP contribution in [0.3, 0.4) is 0 Å². The van der Waals surface area contributed by atoms with Crippen molar-refractivity contribution in [2.24, 2.45) is 0 Å². The van der Waals surface area contributed by atoms with Crippen molar-refractivity contribution in [2.45, 2.75) is 19.4 Å². The van der Waals surface area contributed by atoms with Crippen LogP contribution in [0.15, 0.2) is 24.3 Å². The fraction of sp³-hybridized carbons (Fsp3) is 0.333. The second-order valence-electron chi connectivity index (χ2n) is 3.48. The van der Waals surface area contributed by atoms with Gasteiger partial charge in [-0.3, -0.25) is 4.79 Å². The lowest BCUT2D eigenvalue weighted by atomic mass is 10.1. The normalized spacial score (nSPS) is 9.69. The molecule has 0 aromatic heterocycles. The van der Waals surface area contributed by atoms with Crippen LogP contribution in [0.2, 0.25) is 0 Å². The van der Waals surface area contributed by atoms with Gasteiger partial charge in [0.25, 0.3) is 0 Å². The van der Waals surface area contributed by atoms with E-state index in [-0.39, 0.29) is 6.42 Å². The van der Waals surface area contributed by atoms with Crippen molar-refractivity contribution in [2.75, 3.05) is 6.54 Å². The molecule has 0 aliphatic heterocycles. The summed E-state index contributed by atoms with van der Waals surface area (Å²) in [6, 6.07) is 9.38. The molecule has 2 N–H and O–H groups in total. The Labute approximate surface area is 94.5 Å². The fourth-order valence-electron chi connectivity index (χ4n) is 1.29. The number of nitrogens with zero attached hydrogens (tertiary/aromatic N) is 1. The van der Waals surface area contributed by atoms with E-state index >= 15 is 0 Å². The van der Waals surface area contributed by atoms with E-state index in [1.165, 1.54) is 0 Å². The number of hydrogen-bond acceptors (Lipinski definition) is 3. The smallest absolute Gasteiger partial charge is 0.303 e. The summed E-state index contributed by atoms with van der Waals surface area (Å²) in [5.74, 6) is -0.764. The van der Waals surface area contributed by atoms with Gasteiger partial charge in [0.05, 0.1) is 11.6 Å². The molecule has 0 aliphatic carbocycles. The van der Waals surface area contributed by atoms with Gasteiger partial charge in [-0.05, 0) is 30.7 Å². The molecule has 84 valence electrons. The first-order valence-electron chi connectivity index (χ1n) is 5.14. The van der Waals surface area contributed by atoms with E-state index < -0.39 is 5.97 Å². The van der Waals surface area contributed by atoms with Crippen LogP contribution in [0.1, 0.15) is 24.0 Å². The lowest BCUT2D eigenvalue weighted by Gasteiger charge is -2.03. The molecule has 1 aromatic rings. The van der Waals surface area contributed by atoms with Crippen LogP contribution in [0.5, 0.6) is 0 Å². The maximum atomic E-state index is 10.2.